The van der Waals surface area contributed by atoms with E-state index in [2.05, 4.69) is 20.0 Å². The molecular weight excluding hydrogens is 100 g/mol. The lowest BCUT2D eigenvalue weighted by Gasteiger charge is -1.86. The standard InChI is InChI=1S/C2H4N2OS/c1-6-4-2-3-5-6/h2H,1H2,(H,3,4). The molecule has 0 amide bonds. The lowest BCUT2D eigenvalue weighted by Crippen LogP contribution is -1.91. The van der Waals surface area contributed by atoms with Gasteiger partial charge in [-0.3, -0.25) is 4.72 Å². The van der Waals surface area contributed by atoms with Crippen molar-refractivity contribution in [1.82, 2.24) is 4.72 Å². The normalized spacial score (nSPS) is 29.0. The lowest BCUT2D eigenvalue weighted by atomic mass is 11.4. The maximum absolute atomic E-state index is 4.53. The minimum absolute atomic E-state index is 0.395. The number of hydrogen-bond donors (Lipinski definition) is 1. The van der Waals surface area contributed by atoms with Crippen LogP contribution in [0.2, 0.25) is 0 Å². The summed E-state index contributed by atoms with van der Waals surface area (Å²) in [6.45, 7) is 0. The fraction of sp³-hybridized carbons (Fsp3) is 0. The molecule has 0 aromatic carbocycles. The average molecular weight is 104 g/mol. The predicted molar refractivity (Wildman–Crippen MR) is 27.4 cm³/mol. The smallest absolute Gasteiger partial charge is 0.141 e. The summed E-state index contributed by atoms with van der Waals surface area (Å²) in [5.74, 6) is 3.51. The van der Waals surface area contributed by atoms with Crippen LogP contribution in [0.1, 0.15) is 0 Å². The van der Waals surface area contributed by atoms with Crippen LogP contribution in [0.3, 0.4) is 0 Å². The van der Waals surface area contributed by atoms with Crippen LogP contribution in [-0.2, 0) is 4.28 Å². The molecule has 6 heavy (non-hydrogen) atoms. The molecular formula is C2H4N2OS. The third-order valence-electron chi connectivity index (χ3n) is 0.370. The van der Waals surface area contributed by atoms with Crippen LogP contribution in [-0.4, -0.2) is 12.2 Å². The number of hydrogen-bond acceptors (Lipinski definition) is 3. The molecule has 1 N–H and O–H groups in total. The van der Waals surface area contributed by atoms with Gasteiger partial charge in [0.05, 0.1) is 0 Å². The summed E-state index contributed by atoms with van der Waals surface area (Å²) in [5.41, 5.74) is 0. The van der Waals surface area contributed by atoms with Crippen molar-refractivity contribution in [2.45, 2.75) is 0 Å². The van der Waals surface area contributed by atoms with Gasteiger partial charge in [-0.15, -0.1) is 0 Å². The summed E-state index contributed by atoms with van der Waals surface area (Å²) in [7, 11) is -0.395. The Hall–Kier alpha value is -0.510. The molecule has 1 unspecified atom stereocenters. The molecule has 1 rings (SSSR count). The zero-order valence-electron chi connectivity index (χ0n) is 3.05. The van der Waals surface area contributed by atoms with Gasteiger partial charge in [0.15, 0.2) is 0 Å². The molecule has 0 saturated carbocycles. The van der Waals surface area contributed by atoms with Gasteiger partial charge < -0.3 is 4.28 Å². The topological polar surface area (TPSA) is 33.6 Å². The Kier molecular flexibility index (Phi) is 0.795. The zero-order chi connectivity index (χ0) is 4.41. The van der Waals surface area contributed by atoms with Crippen LogP contribution in [0, 0.1) is 0 Å². The van der Waals surface area contributed by atoms with Gasteiger partial charge in [0.25, 0.3) is 0 Å². The number of nitrogens with zero attached hydrogens (tertiary/aromatic N) is 1. The van der Waals surface area contributed by atoms with Crippen molar-refractivity contribution in [2.75, 3.05) is 0 Å². The van der Waals surface area contributed by atoms with Crippen molar-refractivity contribution < 1.29 is 4.28 Å². The molecule has 0 bridgehead atoms. The minimum atomic E-state index is -0.395. The van der Waals surface area contributed by atoms with Gasteiger partial charge in [-0.05, 0) is 5.87 Å². The van der Waals surface area contributed by atoms with E-state index in [0.717, 1.165) is 0 Å². The third kappa shape index (κ3) is 0.514. The predicted octanol–water partition coefficient (Wildman–Crippen LogP) is 0.0804. The summed E-state index contributed by atoms with van der Waals surface area (Å²) in [6.07, 6.45) is 1.48. The Balaban J connectivity index is 2.52. The third-order valence-corrected chi connectivity index (χ3v) is 1.00. The molecule has 34 valence electrons. The van der Waals surface area contributed by atoms with E-state index in [-0.39, 0.29) is 0 Å². The van der Waals surface area contributed by atoms with Crippen molar-refractivity contribution in [3.63, 3.8) is 0 Å². The second-order valence-corrected chi connectivity index (χ2v) is 1.85. The Morgan fingerprint density at radius 2 is 2.83 bits per heavy atom. The quantitative estimate of drug-likeness (QED) is 0.441. The molecule has 1 aliphatic rings. The van der Waals surface area contributed by atoms with Crippen LogP contribution in [0.25, 0.3) is 0 Å². The van der Waals surface area contributed by atoms with Gasteiger partial charge in [-0.2, -0.15) is 0 Å². The number of rotatable bonds is 0. The van der Waals surface area contributed by atoms with Gasteiger partial charge >= 0.3 is 0 Å². The molecule has 0 saturated heterocycles. The van der Waals surface area contributed by atoms with Crippen LogP contribution < -0.4 is 4.72 Å². The maximum atomic E-state index is 4.53. The summed E-state index contributed by atoms with van der Waals surface area (Å²) in [5, 5.41) is 3.38. The number of nitrogens with one attached hydrogen (secondary N) is 1. The SMILES string of the molecule is C=S1NC=NO1. The second kappa shape index (κ2) is 1.30. The first-order valence-electron chi connectivity index (χ1n) is 1.39. The van der Waals surface area contributed by atoms with Gasteiger partial charge in [-0.25, -0.2) is 0 Å². The Labute approximate surface area is 38.3 Å². The fourth-order valence-electron chi connectivity index (χ4n) is 0.175. The fourth-order valence-corrected chi connectivity index (χ4v) is 0.526. The van der Waals surface area contributed by atoms with Crippen molar-refractivity contribution in [1.29, 1.82) is 0 Å². The molecule has 1 aliphatic heterocycles. The highest BCUT2D eigenvalue weighted by Gasteiger charge is 1.90. The van der Waals surface area contributed by atoms with E-state index in [0.29, 0.717) is 0 Å². The Morgan fingerprint density at radius 1 is 2.00 bits per heavy atom. The molecule has 0 aliphatic carbocycles. The summed E-state index contributed by atoms with van der Waals surface area (Å²) < 4.78 is 7.25. The van der Waals surface area contributed by atoms with Crippen molar-refractivity contribution in [3.05, 3.63) is 0 Å². The van der Waals surface area contributed by atoms with Gasteiger partial charge in [0.1, 0.15) is 17.3 Å². The lowest BCUT2D eigenvalue weighted by molar-refractivity contribution is 0.416. The molecule has 0 aromatic rings. The highest BCUT2D eigenvalue weighted by molar-refractivity contribution is 8.08. The van der Waals surface area contributed by atoms with Gasteiger partial charge in [0.2, 0.25) is 0 Å². The van der Waals surface area contributed by atoms with E-state index in [4.69, 9.17) is 0 Å². The van der Waals surface area contributed by atoms with Crippen LogP contribution >= 0.6 is 11.0 Å². The van der Waals surface area contributed by atoms with Crippen LogP contribution in [0.15, 0.2) is 5.16 Å². The highest BCUT2D eigenvalue weighted by Crippen LogP contribution is 2.07. The van der Waals surface area contributed by atoms with Crippen LogP contribution in [0.4, 0.5) is 0 Å². The second-order valence-electron chi connectivity index (χ2n) is 0.772. The molecule has 0 spiro atoms. The monoisotopic (exact) mass is 104 g/mol. The van der Waals surface area contributed by atoms with E-state index >= 15 is 0 Å². The Morgan fingerprint density at radius 3 is 3.00 bits per heavy atom. The summed E-state index contributed by atoms with van der Waals surface area (Å²) in [4.78, 5) is 0. The molecule has 0 fully saturated rings. The van der Waals surface area contributed by atoms with Crippen molar-refractivity contribution in [3.8, 4) is 0 Å². The highest BCUT2D eigenvalue weighted by atomic mass is 32.2. The van der Waals surface area contributed by atoms with Crippen molar-refractivity contribution in [2.24, 2.45) is 5.16 Å². The van der Waals surface area contributed by atoms with E-state index in [1.54, 1.807) is 0 Å². The Bertz CT molecular complexity index is 89.7. The first-order chi connectivity index (χ1) is 2.89. The average Bonchev–Trinajstić information content (AvgIpc) is 1.86. The van der Waals surface area contributed by atoms with Crippen molar-refractivity contribution >= 4 is 23.2 Å². The van der Waals surface area contributed by atoms with E-state index in [1.165, 1.54) is 6.34 Å². The number of oxime groups is 1. The van der Waals surface area contributed by atoms with E-state index in [9.17, 15) is 0 Å². The van der Waals surface area contributed by atoms with Gasteiger partial charge in [-0.1, -0.05) is 5.16 Å². The zero-order valence-corrected chi connectivity index (χ0v) is 3.86. The molecule has 3 nitrogen and oxygen atoms in total. The summed E-state index contributed by atoms with van der Waals surface area (Å²) in [6, 6.07) is 0. The summed E-state index contributed by atoms with van der Waals surface area (Å²) >= 11 is 0. The van der Waals surface area contributed by atoms with Gasteiger partial charge in [0, 0.05) is 0 Å². The van der Waals surface area contributed by atoms with E-state index < -0.39 is 11.0 Å². The molecule has 4 heteroatoms. The minimum Gasteiger partial charge on any atom is -0.309 e. The largest absolute Gasteiger partial charge is 0.309 e. The first-order valence-corrected chi connectivity index (χ1v) is 2.71. The maximum Gasteiger partial charge on any atom is 0.141 e. The molecule has 0 aromatic heterocycles. The van der Waals surface area contributed by atoms with E-state index in [1.807, 2.05) is 0 Å². The molecule has 1 heterocycles. The first kappa shape index (κ1) is 3.67. The molecule has 0 radical (unpaired) electrons. The molecule has 1 atom stereocenters. The van der Waals surface area contributed by atoms with Crippen LogP contribution in [0.5, 0.6) is 0 Å².